The summed E-state index contributed by atoms with van der Waals surface area (Å²) in [4.78, 5) is 29.5. The molecule has 2 N–H and O–H groups in total. The number of rotatable bonds is 8. The van der Waals surface area contributed by atoms with Crippen molar-refractivity contribution in [3.8, 4) is 11.3 Å². The van der Waals surface area contributed by atoms with Crippen LogP contribution in [0.15, 0.2) is 52.7 Å². The van der Waals surface area contributed by atoms with Crippen LogP contribution in [0.2, 0.25) is 0 Å². The summed E-state index contributed by atoms with van der Waals surface area (Å²) in [6.45, 7) is 8.86. The maximum absolute atomic E-state index is 12.6. The fourth-order valence-electron chi connectivity index (χ4n) is 3.25. The van der Waals surface area contributed by atoms with Gasteiger partial charge in [-0.1, -0.05) is 38.1 Å². The molecule has 0 aliphatic carbocycles. The highest BCUT2D eigenvalue weighted by Gasteiger charge is 2.23. The molecule has 3 aromatic rings. The standard InChI is InChI=1S/C25H29N3O4S2/c1-15(2)18-7-6-8-19(11-18)21-14-33-25(27-21)28-23(29)13-26-24(30)20-10-9-17(5)22(12-20)34(31,32)16(3)4/h6-12,14-16H,13H2,1-5H3,(H,26,30)(H,27,28,29). The highest BCUT2D eigenvalue weighted by molar-refractivity contribution is 7.92. The number of hydrogen-bond acceptors (Lipinski definition) is 6. The molecule has 0 atom stereocenters. The number of carbonyl (C=O) groups is 2. The number of nitrogens with one attached hydrogen (secondary N) is 2. The first-order valence-electron chi connectivity index (χ1n) is 11.0. The molecule has 1 heterocycles. The van der Waals surface area contributed by atoms with Gasteiger partial charge in [-0.25, -0.2) is 13.4 Å². The Morgan fingerprint density at radius 1 is 1.06 bits per heavy atom. The molecule has 0 radical (unpaired) electrons. The molecule has 0 aliphatic heterocycles. The van der Waals surface area contributed by atoms with Crippen molar-refractivity contribution >= 4 is 38.1 Å². The van der Waals surface area contributed by atoms with Crippen molar-refractivity contribution in [1.29, 1.82) is 0 Å². The fraction of sp³-hybridized carbons (Fsp3) is 0.320. The topological polar surface area (TPSA) is 105 Å². The van der Waals surface area contributed by atoms with Gasteiger partial charge >= 0.3 is 0 Å². The van der Waals surface area contributed by atoms with Crippen molar-refractivity contribution in [2.24, 2.45) is 0 Å². The van der Waals surface area contributed by atoms with Crippen LogP contribution in [0.25, 0.3) is 11.3 Å². The summed E-state index contributed by atoms with van der Waals surface area (Å²) in [7, 11) is -3.53. The smallest absolute Gasteiger partial charge is 0.251 e. The molecule has 34 heavy (non-hydrogen) atoms. The molecule has 0 fully saturated rings. The highest BCUT2D eigenvalue weighted by Crippen LogP contribution is 2.27. The Morgan fingerprint density at radius 2 is 1.79 bits per heavy atom. The summed E-state index contributed by atoms with van der Waals surface area (Å²) in [5.74, 6) is -0.551. The number of hydrogen-bond donors (Lipinski definition) is 2. The van der Waals surface area contributed by atoms with E-state index in [9.17, 15) is 18.0 Å². The monoisotopic (exact) mass is 499 g/mol. The zero-order valence-corrected chi connectivity index (χ0v) is 21.5. The van der Waals surface area contributed by atoms with Crippen LogP contribution in [0.4, 0.5) is 5.13 Å². The lowest BCUT2D eigenvalue weighted by Gasteiger charge is -2.12. The molecule has 9 heteroatoms. The molecule has 2 aromatic carbocycles. The first kappa shape index (κ1) is 25.6. The average molecular weight is 500 g/mol. The Balaban J connectivity index is 1.63. The van der Waals surface area contributed by atoms with Gasteiger partial charge in [0.05, 0.1) is 22.4 Å². The predicted octanol–water partition coefficient (Wildman–Crippen LogP) is 4.79. The van der Waals surface area contributed by atoms with Crippen LogP contribution in [0, 0.1) is 6.92 Å². The lowest BCUT2D eigenvalue weighted by Crippen LogP contribution is -2.33. The third kappa shape index (κ3) is 5.90. The van der Waals surface area contributed by atoms with E-state index in [0.29, 0.717) is 16.6 Å². The molecular weight excluding hydrogens is 470 g/mol. The molecule has 1 aromatic heterocycles. The van der Waals surface area contributed by atoms with Crippen molar-refractivity contribution in [2.75, 3.05) is 11.9 Å². The van der Waals surface area contributed by atoms with E-state index in [-0.39, 0.29) is 17.0 Å². The molecule has 0 aliphatic rings. The Bertz CT molecular complexity index is 1310. The van der Waals surface area contributed by atoms with Gasteiger partial charge in [0, 0.05) is 16.5 Å². The van der Waals surface area contributed by atoms with Gasteiger partial charge < -0.3 is 10.6 Å². The fourth-order valence-corrected chi connectivity index (χ4v) is 5.30. The highest BCUT2D eigenvalue weighted by atomic mass is 32.2. The van der Waals surface area contributed by atoms with Gasteiger partial charge in [-0.15, -0.1) is 11.3 Å². The molecule has 0 saturated heterocycles. The number of thiazole rings is 1. The first-order chi connectivity index (χ1) is 16.0. The van der Waals surface area contributed by atoms with Crippen LogP contribution < -0.4 is 10.6 Å². The minimum absolute atomic E-state index is 0.122. The van der Waals surface area contributed by atoms with Gasteiger partial charge in [0.25, 0.3) is 5.91 Å². The number of anilines is 1. The van der Waals surface area contributed by atoms with Crippen molar-refractivity contribution < 1.29 is 18.0 Å². The summed E-state index contributed by atoms with van der Waals surface area (Å²) < 4.78 is 25.1. The number of nitrogens with zero attached hydrogens (tertiary/aromatic N) is 1. The normalized spacial score (nSPS) is 11.6. The average Bonchev–Trinajstić information content (AvgIpc) is 3.26. The number of aryl methyl sites for hydroxylation is 1. The van der Waals surface area contributed by atoms with Crippen LogP contribution in [0.1, 0.15) is 55.1 Å². The molecule has 0 spiro atoms. The zero-order valence-electron chi connectivity index (χ0n) is 19.9. The molecule has 0 saturated carbocycles. The predicted molar refractivity (Wildman–Crippen MR) is 136 cm³/mol. The van der Waals surface area contributed by atoms with Crippen LogP contribution in [-0.4, -0.2) is 37.0 Å². The molecule has 180 valence electrons. The minimum Gasteiger partial charge on any atom is -0.343 e. The van der Waals surface area contributed by atoms with E-state index in [0.717, 1.165) is 11.3 Å². The van der Waals surface area contributed by atoms with Gasteiger partial charge in [-0.3, -0.25) is 9.59 Å². The number of aromatic nitrogens is 1. The maximum Gasteiger partial charge on any atom is 0.251 e. The third-order valence-electron chi connectivity index (χ3n) is 5.39. The third-order valence-corrected chi connectivity index (χ3v) is 8.44. The van der Waals surface area contributed by atoms with Crippen LogP contribution in [-0.2, 0) is 14.6 Å². The summed E-state index contributed by atoms with van der Waals surface area (Å²) in [5.41, 5.74) is 3.70. The van der Waals surface area contributed by atoms with Gasteiger partial charge in [0.1, 0.15) is 0 Å². The molecule has 7 nitrogen and oxygen atoms in total. The van der Waals surface area contributed by atoms with E-state index in [4.69, 9.17) is 0 Å². The van der Waals surface area contributed by atoms with Gasteiger partial charge in [-0.05, 0) is 56.0 Å². The summed E-state index contributed by atoms with van der Waals surface area (Å²) in [6.07, 6.45) is 0. The SMILES string of the molecule is Cc1ccc(C(=O)NCC(=O)Nc2nc(-c3cccc(C(C)C)c3)cs2)cc1S(=O)(=O)C(C)C. The van der Waals surface area contributed by atoms with Crippen LogP contribution in [0.5, 0.6) is 0 Å². The summed E-state index contributed by atoms with van der Waals surface area (Å²) in [6, 6.07) is 12.6. The Morgan fingerprint density at radius 3 is 2.47 bits per heavy atom. The van der Waals surface area contributed by atoms with Crippen molar-refractivity contribution in [2.45, 2.75) is 50.7 Å². The Labute approximate surface area is 204 Å². The lowest BCUT2D eigenvalue weighted by molar-refractivity contribution is -0.115. The van der Waals surface area contributed by atoms with E-state index in [2.05, 4.69) is 41.6 Å². The maximum atomic E-state index is 12.6. The number of amides is 2. The van der Waals surface area contributed by atoms with E-state index in [1.54, 1.807) is 32.9 Å². The van der Waals surface area contributed by atoms with E-state index in [1.165, 1.54) is 23.0 Å². The first-order valence-corrected chi connectivity index (χ1v) is 13.4. The van der Waals surface area contributed by atoms with E-state index < -0.39 is 26.9 Å². The van der Waals surface area contributed by atoms with Crippen LogP contribution in [0.3, 0.4) is 0 Å². The molecule has 3 rings (SSSR count). The molecule has 2 amide bonds. The second kappa shape index (κ2) is 10.5. The van der Waals surface area contributed by atoms with Gasteiger partial charge in [0.15, 0.2) is 15.0 Å². The largest absolute Gasteiger partial charge is 0.343 e. The Kier molecular flexibility index (Phi) is 7.89. The van der Waals surface area contributed by atoms with E-state index in [1.807, 2.05) is 17.5 Å². The second-order valence-electron chi connectivity index (χ2n) is 8.62. The van der Waals surface area contributed by atoms with Crippen molar-refractivity contribution in [3.63, 3.8) is 0 Å². The zero-order chi connectivity index (χ0) is 25.0. The second-order valence-corrected chi connectivity index (χ2v) is 12.0. The Hall–Kier alpha value is -3.04. The van der Waals surface area contributed by atoms with Crippen molar-refractivity contribution in [3.05, 3.63) is 64.5 Å². The number of sulfone groups is 1. The molecule has 0 unspecified atom stereocenters. The minimum atomic E-state index is -3.53. The lowest BCUT2D eigenvalue weighted by atomic mass is 10.0. The number of carbonyl (C=O) groups excluding carboxylic acids is 2. The molecule has 0 bridgehead atoms. The quantitative estimate of drug-likeness (QED) is 0.463. The number of benzene rings is 2. The van der Waals surface area contributed by atoms with Gasteiger partial charge in [0.2, 0.25) is 5.91 Å². The molecular formula is C25H29N3O4S2. The van der Waals surface area contributed by atoms with Gasteiger partial charge in [-0.2, -0.15) is 0 Å². The summed E-state index contributed by atoms with van der Waals surface area (Å²) in [5, 5.41) is 6.93. The van der Waals surface area contributed by atoms with E-state index >= 15 is 0 Å². The van der Waals surface area contributed by atoms with Crippen molar-refractivity contribution in [1.82, 2.24) is 10.3 Å². The van der Waals surface area contributed by atoms with Crippen LogP contribution >= 0.6 is 11.3 Å². The summed E-state index contributed by atoms with van der Waals surface area (Å²) >= 11 is 1.30.